The third-order valence-corrected chi connectivity index (χ3v) is 6.64. The van der Waals surface area contributed by atoms with Gasteiger partial charge in [-0.05, 0) is 90.8 Å². The number of piperidine rings is 1. The number of anilines is 1. The van der Waals surface area contributed by atoms with Crippen LogP contribution in [-0.2, 0) is 6.54 Å². The zero-order chi connectivity index (χ0) is 25.8. The molecule has 9 heteroatoms. The van der Waals surface area contributed by atoms with Crippen molar-refractivity contribution in [2.24, 2.45) is 5.73 Å². The summed E-state index contributed by atoms with van der Waals surface area (Å²) in [4.78, 5) is 15.2. The van der Waals surface area contributed by atoms with Crippen molar-refractivity contribution < 1.29 is 13.9 Å². The summed E-state index contributed by atoms with van der Waals surface area (Å²) in [7, 11) is 0. The maximum Gasteiger partial charge on any atom is 0.261 e. The maximum atomic E-state index is 14.6. The van der Waals surface area contributed by atoms with E-state index in [9.17, 15) is 9.18 Å². The van der Waals surface area contributed by atoms with Crippen molar-refractivity contribution in [1.29, 1.82) is 5.41 Å². The van der Waals surface area contributed by atoms with Gasteiger partial charge in [-0.1, -0.05) is 36.4 Å². The molecule has 4 aromatic carbocycles. The third-order valence-electron chi connectivity index (χ3n) is 6.64. The molecule has 0 saturated carbocycles. The SMILES string of the molecule is Cl.Cl.N=C(N)c1ccc2ccc(CN(C(=O)c3ccccc3F)c3ccc(OC4CCNCC4)cc3)cc2c1. The highest BCUT2D eigenvalue weighted by Crippen LogP contribution is 2.27. The summed E-state index contributed by atoms with van der Waals surface area (Å²) >= 11 is 0. The Morgan fingerprint density at radius 1 is 0.949 bits per heavy atom. The Morgan fingerprint density at radius 2 is 1.64 bits per heavy atom. The van der Waals surface area contributed by atoms with Gasteiger partial charge < -0.3 is 20.7 Å². The Morgan fingerprint density at radius 3 is 2.33 bits per heavy atom. The fourth-order valence-corrected chi connectivity index (χ4v) is 4.62. The molecule has 1 saturated heterocycles. The van der Waals surface area contributed by atoms with E-state index in [1.807, 2.05) is 60.7 Å². The summed E-state index contributed by atoms with van der Waals surface area (Å²) in [5, 5.41) is 13.0. The summed E-state index contributed by atoms with van der Waals surface area (Å²) in [5.74, 6) is -0.248. The number of nitrogens with one attached hydrogen (secondary N) is 2. The number of hydrogen-bond donors (Lipinski definition) is 3. The number of hydrogen-bond acceptors (Lipinski definition) is 4. The van der Waals surface area contributed by atoms with Crippen molar-refractivity contribution in [2.75, 3.05) is 18.0 Å². The number of nitrogens with zero attached hydrogens (tertiary/aromatic N) is 1. The second-order valence-electron chi connectivity index (χ2n) is 9.24. The van der Waals surface area contributed by atoms with Gasteiger partial charge in [0.1, 0.15) is 23.5 Å². The van der Waals surface area contributed by atoms with Crippen LogP contribution in [0.25, 0.3) is 10.8 Å². The lowest BCUT2D eigenvalue weighted by atomic mass is 10.0. The summed E-state index contributed by atoms with van der Waals surface area (Å²) in [6.07, 6.45) is 2.07. The van der Waals surface area contributed by atoms with Crippen molar-refractivity contribution >= 4 is 53.0 Å². The summed E-state index contributed by atoms with van der Waals surface area (Å²) in [6.45, 7) is 2.11. The number of nitrogen functional groups attached to an aromatic ring is 1. The minimum atomic E-state index is -0.562. The molecule has 1 amide bonds. The van der Waals surface area contributed by atoms with Crippen molar-refractivity contribution in [3.05, 3.63) is 107 Å². The van der Waals surface area contributed by atoms with E-state index in [2.05, 4.69) is 5.32 Å². The van der Waals surface area contributed by atoms with E-state index in [-0.39, 0.29) is 48.9 Å². The number of ether oxygens (including phenoxy) is 1. The van der Waals surface area contributed by atoms with Gasteiger partial charge in [-0.2, -0.15) is 0 Å². The number of amidine groups is 1. The molecule has 5 rings (SSSR count). The molecule has 0 radical (unpaired) electrons. The van der Waals surface area contributed by atoms with Crippen molar-refractivity contribution in [3.63, 3.8) is 0 Å². The van der Waals surface area contributed by atoms with Gasteiger partial charge in [0.05, 0.1) is 12.1 Å². The molecular weight excluding hydrogens is 538 g/mol. The first-order chi connectivity index (χ1) is 18.0. The molecule has 0 aliphatic carbocycles. The number of halogens is 3. The van der Waals surface area contributed by atoms with Crippen LogP contribution in [0, 0.1) is 11.2 Å². The van der Waals surface area contributed by atoms with Crippen LogP contribution in [0.2, 0.25) is 0 Å². The number of nitrogens with two attached hydrogens (primary N) is 1. The van der Waals surface area contributed by atoms with Crippen molar-refractivity contribution in [3.8, 4) is 5.75 Å². The minimum absolute atomic E-state index is 0. The Bertz CT molecular complexity index is 1440. The molecule has 0 aromatic heterocycles. The molecular formula is C30H31Cl2FN4O2. The second-order valence-corrected chi connectivity index (χ2v) is 9.24. The van der Waals surface area contributed by atoms with Crippen LogP contribution in [0.3, 0.4) is 0 Å². The van der Waals surface area contributed by atoms with E-state index in [1.54, 1.807) is 17.0 Å². The predicted molar refractivity (Wildman–Crippen MR) is 159 cm³/mol. The molecule has 0 bridgehead atoms. The van der Waals surface area contributed by atoms with Gasteiger partial charge in [0.25, 0.3) is 5.91 Å². The van der Waals surface area contributed by atoms with E-state index in [0.717, 1.165) is 48.0 Å². The monoisotopic (exact) mass is 568 g/mol. The molecule has 204 valence electrons. The fourth-order valence-electron chi connectivity index (χ4n) is 4.62. The van der Waals surface area contributed by atoms with Gasteiger partial charge in [0.15, 0.2) is 0 Å². The molecule has 4 N–H and O–H groups in total. The van der Waals surface area contributed by atoms with Crippen molar-refractivity contribution in [2.45, 2.75) is 25.5 Å². The van der Waals surface area contributed by atoms with Gasteiger partial charge in [-0.15, -0.1) is 24.8 Å². The van der Waals surface area contributed by atoms with Gasteiger partial charge in [0.2, 0.25) is 0 Å². The average Bonchev–Trinajstić information content (AvgIpc) is 2.92. The molecule has 1 heterocycles. The first kappa shape index (κ1) is 29.9. The van der Waals surface area contributed by atoms with Gasteiger partial charge in [-0.25, -0.2) is 4.39 Å². The lowest BCUT2D eigenvalue weighted by molar-refractivity contribution is 0.0981. The first-order valence-electron chi connectivity index (χ1n) is 12.4. The minimum Gasteiger partial charge on any atom is -0.490 e. The van der Waals surface area contributed by atoms with E-state index >= 15 is 0 Å². The van der Waals surface area contributed by atoms with Crippen LogP contribution < -0.4 is 20.7 Å². The van der Waals surface area contributed by atoms with Crippen LogP contribution in [0.1, 0.15) is 34.3 Å². The number of fused-ring (bicyclic) bond motifs is 1. The van der Waals surface area contributed by atoms with E-state index in [0.29, 0.717) is 11.3 Å². The topological polar surface area (TPSA) is 91.4 Å². The normalized spacial score (nSPS) is 13.2. The lowest BCUT2D eigenvalue weighted by Crippen LogP contribution is -2.34. The van der Waals surface area contributed by atoms with Crippen molar-refractivity contribution in [1.82, 2.24) is 5.32 Å². The molecule has 1 aliphatic rings. The summed E-state index contributed by atoms with van der Waals surface area (Å²) in [6, 6.07) is 24.9. The summed E-state index contributed by atoms with van der Waals surface area (Å²) in [5.41, 5.74) is 7.83. The molecule has 0 unspecified atom stereocenters. The highest BCUT2D eigenvalue weighted by molar-refractivity contribution is 6.06. The maximum absolute atomic E-state index is 14.6. The Labute approximate surface area is 239 Å². The van der Waals surface area contributed by atoms with Crippen LogP contribution in [0.15, 0.2) is 84.9 Å². The largest absolute Gasteiger partial charge is 0.490 e. The van der Waals surface area contributed by atoms with E-state index in [4.69, 9.17) is 15.9 Å². The highest BCUT2D eigenvalue weighted by Gasteiger charge is 2.22. The molecule has 0 spiro atoms. The second kappa shape index (κ2) is 13.4. The van der Waals surface area contributed by atoms with Crippen LogP contribution in [0.4, 0.5) is 10.1 Å². The first-order valence-corrected chi connectivity index (χ1v) is 12.4. The molecule has 1 aliphatic heterocycles. The summed E-state index contributed by atoms with van der Waals surface area (Å²) < 4.78 is 20.7. The number of amides is 1. The van der Waals surface area contributed by atoms with E-state index < -0.39 is 11.7 Å². The van der Waals surface area contributed by atoms with Crippen LogP contribution in [0.5, 0.6) is 5.75 Å². The lowest BCUT2D eigenvalue weighted by Gasteiger charge is -2.26. The quantitative estimate of drug-likeness (QED) is 0.186. The van der Waals surface area contributed by atoms with Gasteiger partial charge in [0, 0.05) is 11.3 Å². The van der Waals surface area contributed by atoms with E-state index in [1.165, 1.54) is 12.1 Å². The fraction of sp³-hybridized carbons (Fsp3) is 0.200. The zero-order valence-corrected chi connectivity index (χ0v) is 22.9. The standard InChI is InChI=1S/C30H29FN4O2.2ClH/c31-28-4-2-1-3-27(28)30(36)35(24-9-11-25(12-10-24)37-26-13-15-34-16-14-26)19-20-5-6-21-7-8-22(29(32)33)18-23(21)17-20;;/h1-12,17-18,26,34H,13-16,19H2,(H3,32,33);2*1H. The molecule has 0 atom stereocenters. The highest BCUT2D eigenvalue weighted by atomic mass is 35.5. The Balaban J connectivity index is 0.00000210. The molecule has 4 aromatic rings. The van der Waals surface area contributed by atoms with Gasteiger partial charge in [-0.3, -0.25) is 10.2 Å². The third kappa shape index (κ3) is 7.06. The molecule has 39 heavy (non-hydrogen) atoms. The molecule has 6 nitrogen and oxygen atoms in total. The number of carbonyl (C=O) groups is 1. The van der Waals surface area contributed by atoms with Crippen LogP contribution >= 0.6 is 24.8 Å². The Kier molecular flexibility index (Phi) is 10.3. The number of rotatable bonds is 7. The predicted octanol–water partition coefficient (Wildman–Crippen LogP) is 6.08. The zero-order valence-electron chi connectivity index (χ0n) is 21.2. The van der Waals surface area contributed by atoms with Crippen LogP contribution in [-0.4, -0.2) is 30.9 Å². The number of carbonyl (C=O) groups excluding carboxylic acids is 1. The Hall–Kier alpha value is -3.65. The molecule has 1 fully saturated rings. The average molecular weight is 570 g/mol. The smallest absolute Gasteiger partial charge is 0.261 e. The number of benzene rings is 4. The van der Waals surface area contributed by atoms with Gasteiger partial charge >= 0.3 is 0 Å².